The van der Waals surface area contributed by atoms with Crippen LogP contribution in [-0.4, -0.2) is 92.8 Å². The van der Waals surface area contributed by atoms with Crippen LogP contribution in [0.3, 0.4) is 0 Å². The Morgan fingerprint density at radius 1 is 0.547 bits per heavy atom. The van der Waals surface area contributed by atoms with Crippen molar-refractivity contribution in [2.45, 2.75) is 121 Å². The predicted octanol–water partition coefficient (Wildman–Crippen LogP) is 6.08. The van der Waals surface area contributed by atoms with Gasteiger partial charge in [0.05, 0.1) is 39.6 Å². The van der Waals surface area contributed by atoms with Crippen LogP contribution < -0.4 is 0 Å². The van der Waals surface area contributed by atoms with Gasteiger partial charge in [0.15, 0.2) is 24.2 Å². The Bertz CT molecular complexity index is 1570. The molecular weight excluding hydrogens is 680 g/mol. The van der Waals surface area contributed by atoms with Crippen LogP contribution in [0.25, 0.3) is 0 Å². The predicted molar refractivity (Wildman–Crippen MR) is 193 cm³/mol. The second-order valence-corrected chi connectivity index (χ2v) is 14.7. The van der Waals surface area contributed by atoms with Gasteiger partial charge in [-0.1, -0.05) is 97.1 Å². The van der Waals surface area contributed by atoms with Crippen molar-refractivity contribution in [1.29, 1.82) is 0 Å². The van der Waals surface area contributed by atoms with Crippen LogP contribution in [0.2, 0.25) is 0 Å². The number of hydrogen-bond acceptors (Lipinski definition) is 11. The molecule has 0 radical (unpaired) electrons. The molecule has 4 aliphatic rings. The number of benzene rings is 3. The fraction of sp³-hybridized carbons (Fsp3) is 0.524. The molecule has 4 heterocycles. The Kier molecular flexibility index (Phi) is 12.4. The van der Waals surface area contributed by atoms with E-state index in [9.17, 15) is 0 Å². The lowest BCUT2D eigenvalue weighted by Crippen LogP contribution is -2.62. The van der Waals surface area contributed by atoms with Crippen LogP contribution in [0, 0.1) is 0 Å². The summed E-state index contributed by atoms with van der Waals surface area (Å²) in [6, 6.07) is 30.0. The quantitative estimate of drug-likeness (QED) is 0.160. The van der Waals surface area contributed by atoms with Crippen molar-refractivity contribution in [3.05, 3.63) is 120 Å². The molecule has 53 heavy (non-hydrogen) atoms. The fourth-order valence-corrected chi connectivity index (χ4v) is 7.31. The van der Waals surface area contributed by atoms with Gasteiger partial charge in [-0.05, 0) is 44.4 Å². The first-order valence-electron chi connectivity index (χ1n) is 18.5. The van der Waals surface area contributed by atoms with E-state index in [1.54, 1.807) is 6.08 Å². The Balaban J connectivity index is 1.15. The maximum Gasteiger partial charge on any atom is 0.190 e. The summed E-state index contributed by atoms with van der Waals surface area (Å²) in [6.45, 7) is 13.0. The molecule has 0 unspecified atom stereocenters. The van der Waals surface area contributed by atoms with E-state index in [2.05, 4.69) is 6.58 Å². The third-order valence-corrected chi connectivity index (χ3v) is 9.64. The first-order chi connectivity index (χ1) is 25.7. The van der Waals surface area contributed by atoms with Gasteiger partial charge in [-0.3, -0.25) is 0 Å². The van der Waals surface area contributed by atoms with E-state index >= 15 is 0 Å². The first kappa shape index (κ1) is 38.2. The Labute approximate surface area is 312 Å². The summed E-state index contributed by atoms with van der Waals surface area (Å²) in [6.07, 6.45) is -4.27. The molecular formula is C42H52O11. The molecule has 4 saturated heterocycles. The number of rotatable bonds is 16. The van der Waals surface area contributed by atoms with Crippen molar-refractivity contribution in [3.63, 3.8) is 0 Å². The molecule has 286 valence electrons. The van der Waals surface area contributed by atoms with E-state index in [0.29, 0.717) is 19.8 Å². The molecule has 0 spiro atoms. The molecule has 0 bridgehead atoms. The van der Waals surface area contributed by atoms with E-state index in [1.807, 2.05) is 119 Å². The maximum atomic E-state index is 6.79. The summed E-state index contributed by atoms with van der Waals surface area (Å²) in [7, 11) is 0. The second-order valence-electron chi connectivity index (χ2n) is 14.7. The average molecular weight is 733 g/mol. The van der Waals surface area contributed by atoms with Crippen LogP contribution in [0.5, 0.6) is 0 Å². The third-order valence-electron chi connectivity index (χ3n) is 9.64. The molecule has 3 aromatic rings. The SMILES string of the molecule is C=CCO[C@H]1[C@H](OC[C@H]2O[C@@H]3OC(C)(C)O[C@@H]3[C@H]3OC(C)(C)O[C@H]32)O[C@H](COCc2ccccc2)[C@@H](OCc2ccccc2)[C@@H]1OCc1ccccc1. The van der Waals surface area contributed by atoms with Gasteiger partial charge in [0.25, 0.3) is 0 Å². The maximum absolute atomic E-state index is 6.79. The van der Waals surface area contributed by atoms with Crippen molar-refractivity contribution >= 4 is 0 Å². The summed E-state index contributed by atoms with van der Waals surface area (Å²) >= 11 is 0. The van der Waals surface area contributed by atoms with Crippen molar-refractivity contribution in [2.24, 2.45) is 0 Å². The lowest BCUT2D eigenvalue weighted by atomic mass is 9.97. The largest absolute Gasteiger partial charge is 0.374 e. The lowest BCUT2D eigenvalue weighted by Gasteiger charge is -2.46. The van der Waals surface area contributed by atoms with Gasteiger partial charge >= 0.3 is 0 Å². The minimum absolute atomic E-state index is 0.0881. The van der Waals surface area contributed by atoms with Crippen molar-refractivity contribution < 1.29 is 52.1 Å². The summed E-state index contributed by atoms with van der Waals surface area (Å²) in [5, 5.41) is 0. The average Bonchev–Trinajstić information content (AvgIpc) is 3.66. The van der Waals surface area contributed by atoms with E-state index in [-0.39, 0.29) is 19.8 Å². The highest BCUT2D eigenvalue weighted by atomic mass is 16.9. The van der Waals surface area contributed by atoms with E-state index in [4.69, 9.17) is 52.1 Å². The van der Waals surface area contributed by atoms with Gasteiger partial charge in [0.2, 0.25) is 0 Å². The zero-order chi connectivity index (χ0) is 36.8. The Morgan fingerprint density at radius 3 is 1.72 bits per heavy atom. The molecule has 11 nitrogen and oxygen atoms in total. The number of hydrogen-bond donors (Lipinski definition) is 0. The highest BCUT2D eigenvalue weighted by Gasteiger charge is 2.61. The molecule has 10 atom stereocenters. The molecule has 0 amide bonds. The zero-order valence-electron chi connectivity index (χ0n) is 31.0. The van der Waals surface area contributed by atoms with Crippen molar-refractivity contribution in [3.8, 4) is 0 Å². The summed E-state index contributed by atoms with van der Waals surface area (Å²) < 4.78 is 71.2. The van der Waals surface area contributed by atoms with Crippen LogP contribution in [0.15, 0.2) is 104 Å². The normalized spacial score (nSPS) is 32.9. The Hall–Kier alpha value is -3.04. The molecule has 0 saturated carbocycles. The first-order valence-corrected chi connectivity index (χ1v) is 18.5. The van der Waals surface area contributed by atoms with Crippen molar-refractivity contribution in [2.75, 3.05) is 19.8 Å². The van der Waals surface area contributed by atoms with Gasteiger partial charge in [0.1, 0.15) is 48.8 Å². The third kappa shape index (κ3) is 9.62. The molecule has 3 aromatic carbocycles. The molecule has 7 rings (SSSR count). The Morgan fingerprint density at radius 2 is 1.09 bits per heavy atom. The van der Waals surface area contributed by atoms with Crippen LogP contribution in [0.4, 0.5) is 0 Å². The number of fused-ring (bicyclic) bond motifs is 3. The molecule has 0 N–H and O–H groups in total. The van der Waals surface area contributed by atoms with Gasteiger partial charge in [-0.2, -0.15) is 0 Å². The highest BCUT2D eigenvalue weighted by Crippen LogP contribution is 2.44. The van der Waals surface area contributed by atoms with Gasteiger partial charge < -0.3 is 52.1 Å². The zero-order valence-corrected chi connectivity index (χ0v) is 31.0. The van der Waals surface area contributed by atoms with E-state index < -0.39 is 73.0 Å². The van der Waals surface area contributed by atoms with Gasteiger partial charge in [-0.25, -0.2) is 0 Å². The van der Waals surface area contributed by atoms with E-state index in [0.717, 1.165) is 16.7 Å². The number of ether oxygens (including phenoxy) is 11. The van der Waals surface area contributed by atoms with Crippen LogP contribution in [-0.2, 0) is 71.9 Å². The molecule has 11 heteroatoms. The standard InChI is InChI=1S/C42H52O11/c1-6-22-44-37-35(46-25-30-20-14-9-15-21-30)33(45-24-29-18-12-8-13-19-29)31(26-43-23-28-16-10-7-11-17-28)48-39(37)47-27-32-34-36(51-41(2,3)50-34)38-40(49-32)53-42(4,5)52-38/h6-21,31-40H,1,22-27H2,2-5H3/t31-,32-,33-,34+,35+,36+,37-,38-,39-,40-/m1/s1. The summed E-state index contributed by atoms with van der Waals surface area (Å²) in [5.74, 6) is -1.69. The molecule has 0 aliphatic carbocycles. The van der Waals surface area contributed by atoms with Gasteiger partial charge in [0, 0.05) is 0 Å². The molecule has 0 aromatic heterocycles. The topological polar surface area (TPSA) is 102 Å². The summed E-state index contributed by atoms with van der Waals surface area (Å²) in [4.78, 5) is 0. The molecule has 4 aliphatic heterocycles. The van der Waals surface area contributed by atoms with Crippen LogP contribution in [0.1, 0.15) is 44.4 Å². The second kappa shape index (κ2) is 17.2. The van der Waals surface area contributed by atoms with E-state index in [1.165, 1.54) is 0 Å². The minimum atomic E-state index is -0.898. The smallest absolute Gasteiger partial charge is 0.190 e. The van der Waals surface area contributed by atoms with Crippen LogP contribution >= 0.6 is 0 Å². The lowest BCUT2D eigenvalue weighted by molar-refractivity contribution is -0.334. The highest BCUT2D eigenvalue weighted by molar-refractivity contribution is 5.15. The summed E-state index contributed by atoms with van der Waals surface area (Å²) in [5.41, 5.74) is 3.08. The molecule has 4 fully saturated rings. The van der Waals surface area contributed by atoms with Gasteiger partial charge in [-0.15, -0.1) is 6.58 Å². The minimum Gasteiger partial charge on any atom is -0.374 e. The monoisotopic (exact) mass is 732 g/mol. The van der Waals surface area contributed by atoms with Crippen molar-refractivity contribution in [1.82, 2.24) is 0 Å². The fourth-order valence-electron chi connectivity index (χ4n) is 7.31.